The number of fused-ring (bicyclic) bond motifs is 1. The van der Waals surface area contributed by atoms with Crippen LogP contribution < -0.4 is 10.2 Å². The number of halogens is 2. The molecule has 5 nitrogen and oxygen atoms in total. The van der Waals surface area contributed by atoms with Crippen LogP contribution >= 0.6 is 35.0 Å². The van der Waals surface area contributed by atoms with Crippen molar-refractivity contribution in [3.8, 4) is 0 Å². The number of amides is 1. The highest BCUT2D eigenvalue weighted by Crippen LogP contribution is 2.38. The summed E-state index contributed by atoms with van der Waals surface area (Å²) in [6, 6.07) is 5.18. The van der Waals surface area contributed by atoms with Crippen LogP contribution in [0.1, 0.15) is 23.7 Å². The monoisotopic (exact) mass is 368 g/mol. The van der Waals surface area contributed by atoms with Gasteiger partial charge in [-0.15, -0.1) is 0 Å². The molecular formula is C15H14Cl2N4OS. The van der Waals surface area contributed by atoms with Gasteiger partial charge in [0.25, 0.3) is 5.91 Å². The van der Waals surface area contributed by atoms with Crippen LogP contribution in [0.25, 0.3) is 0 Å². The lowest BCUT2D eigenvalue weighted by molar-refractivity contribution is 0.0973. The van der Waals surface area contributed by atoms with E-state index in [1.807, 2.05) is 13.2 Å². The van der Waals surface area contributed by atoms with Gasteiger partial charge >= 0.3 is 0 Å². The average molecular weight is 369 g/mol. The average Bonchev–Trinajstić information content (AvgIpc) is 2.55. The van der Waals surface area contributed by atoms with Crippen molar-refractivity contribution in [2.24, 2.45) is 0 Å². The summed E-state index contributed by atoms with van der Waals surface area (Å²) in [4.78, 5) is 23.1. The molecule has 0 radical (unpaired) electrons. The van der Waals surface area contributed by atoms with Crippen LogP contribution in [0.3, 0.4) is 0 Å². The van der Waals surface area contributed by atoms with Gasteiger partial charge in [-0.05, 0) is 24.8 Å². The van der Waals surface area contributed by atoms with Crippen LogP contribution in [0.4, 0.5) is 11.5 Å². The summed E-state index contributed by atoms with van der Waals surface area (Å²) in [5, 5.41) is 4.75. The molecule has 1 unspecified atom stereocenters. The molecule has 2 aromatic rings. The Hall–Kier alpha value is -1.50. The van der Waals surface area contributed by atoms with Crippen molar-refractivity contribution >= 4 is 52.4 Å². The van der Waals surface area contributed by atoms with Crippen molar-refractivity contribution in [2.45, 2.75) is 24.7 Å². The molecular weight excluding hydrogens is 355 g/mol. The molecule has 120 valence electrons. The topological polar surface area (TPSA) is 58.1 Å². The molecule has 0 fully saturated rings. The molecule has 1 atom stereocenters. The molecule has 0 spiro atoms. The van der Waals surface area contributed by atoms with Gasteiger partial charge in [0.2, 0.25) is 0 Å². The number of aromatic nitrogens is 2. The van der Waals surface area contributed by atoms with Crippen molar-refractivity contribution < 1.29 is 4.79 Å². The Labute approximate surface area is 148 Å². The fourth-order valence-electron chi connectivity index (χ4n) is 2.49. The third kappa shape index (κ3) is 2.86. The first-order chi connectivity index (χ1) is 11.1. The Bertz CT molecular complexity index is 751. The lowest BCUT2D eigenvalue weighted by atomic mass is 10.1. The summed E-state index contributed by atoms with van der Waals surface area (Å²) in [5.41, 5.74) is 0.906. The number of carbonyl (C=O) groups is 1. The van der Waals surface area contributed by atoms with Crippen LogP contribution in [0, 0.1) is 0 Å². The van der Waals surface area contributed by atoms with Crippen LogP contribution in [-0.4, -0.2) is 28.3 Å². The molecule has 8 heteroatoms. The number of benzene rings is 1. The lowest BCUT2D eigenvalue weighted by Crippen LogP contribution is -2.49. The number of nitrogens with one attached hydrogen (secondary N) is 1. The van der Waals surface area contributed by atoms with Gasteiger partial charge in [-0.3, -0.25) is 9.69 Å². The van der Waals surface area contributed by atoms with E-state index in [-0.39, 0.29) is 12.1 Å². The smallest absolute Gasteiger partial charge is 0.265 e. The largest absolute Gasteiger partial charge is 0.349 e. The first kappa shape index (κ1) is 16.4. The van der Waals surface area contributed by atoms with Gasteiger partial charge in [0, 0.05) is 6.20 Å². The van der Waals surface area contributed by atoms with Crippen molar-refractivity contribution in [1.29, 1.82) is 0 Å². The Morgan fingerprint density at radius 1 is 1.35 bits per heavy atom. The fraction of sp³-hybridized carbons (Fsp3) is 0.267. The summed E-state index contributed by atoms with van der Waals surface area (Å²) in [5.74, 6) is 0.328. The van der Waals surface area contributed by atoms with Crippen molar-refractivity contribution in [1.82, 2.24) is 9.97 Å². The number of hydrogen-bond acceptors (Lipinski definition) is 5. The molecule has 2 heterocycles. The molecule has 1 aromatic heterocycles. The molecule has 1 aromatic carbocycles. The van der Waals surface area contributed by atoms with E-state index in [2.05, 4.69) is 15.3 Å². The maximum Gasteiger partial charge on any atom is 0.265 e. The summed E-state index contributed by atoms with van der Waals surface area (Å²) in [6.45, 7) is 1.98. The summed E-state index contributed by atoms with van der Waals surface area (Å²) >= 11 is 14.0. The standard InChI is InChI=1S/C15H14Cl2N4OS/c1-3-11-19-13-8(7-18-15(20-13)23-2)14(22)21(11)12-9(16)5-4-6-10(12)17/h4-7,11H,3H2,1-2H3,(H,18,19,20). The quantitative estimate of drug-likeness (QED) is 0.645. The molecule has 1 N–H and O–H groups in total. The van der Waals surface area contributed by atoms with E-state index in [4.69, 9.17) is 23.2 Å². The van der Waals surface area contributed by atoms with E-state index in [0.717, 1.165) is 0 Å². The minimum absolute atomic E-state index is 0.215. The third-order valence-electron chi connectivity index (χ3n) is 3.58. The third-order valence-corrected chi connectivity index (χ3v) is 4.75. The maximum atomic E-state index is 13.0. The van der Waals surface area contributed by atoms with E-state index in [1.54, 1.807) is 23.1 Å². The van der Waals surface area contributed by atoms with E-state index in [9.17, 15) is 4.79 Å². The number of nitrogens with zero attached hydrogens (tertiary/aromatic N) is 3. The molecule has 1 amide bonds. The van der Waals surface area contributed by atoms with Gasteiger partial charge in [-0.1, -0.05) is 48.0 Å². The second kappa shape index (κ2) is 6.55. The normalized spacial score (nSPS) is 17.0. The zero-order chi connectivity index (χ0) is 16.6. The van der Waals surface area contributed by atoms with Crippen LogP contribution in [0.5, 0.6) is 0 Å². The maximum absolute atomic E-state index is 13.0. The molecule has 0 saturated heterocycles. The van der Waals surface area contributed by atoms with Gasteiger partial charge in [0.15, 0.2) is 5.16 Å². The van der Waals surface area contributed by atoms with E-state index in [0.29, 0.717) is 38.7 Å². The molecule has 0 aliphatic carbocycles. The highest BCUT2D eigenvalue weighted by molar-refractivity contribution is 7.98. The number of rotatable bonds is 3. The minimum Gasteiger partial charge on any atom is -0.349 e. The van der Waals surface area contributed by atoms with Gasteiger partial charge < -0.3 is 5.32 Å². The van der Waals surface area contributed by atoms with Crippen LogP contribution in [-0.2, 0) is 0 Å². The molecule has 3 rings (SSSR count). The predicted molar refractivity (Wildman–Crippen MR) is 94.8 cm³/mol. The highest BCUT2D eigenvalue weighted by Gasteiger charge is 2.35. The highest BCUT2D eigenvalue weighted by atomic mass is 35.5. The number of carbonyl (C=O) groups excluding carboxylic acids is 1. The van der Waals surface area contributed by atoms with Gasteiger partial charge in [0.05, 0.1) is 15.7 Å². The number of anilines is 2. The first-order valence-electron chi connectivity index (χ1n) is 7.02. The summed E-state index contributed by atoms with van der Waals surface area (Å²) in [7, 11) is 0. The second-order valence-electron chi connectivity index (χ2n) is 4.93. The Morgan fingerprint density at radius 2 is 2.04 bits per heavy atom. The van der Waals surface area contributed by atoms with Crippen molar-refractivity contribution in [2.75, 3.05) is 16.5 Å². The molecule has 1 aliphatic rings. The Morgan fingerprint density at radius 3 is 2.65 bits per heavy atom. The second-order valence-corrected chi connectivity index (χ2v) is 6.52. The Balaban J connectivity index is 2.12. The van der Waals surface area contributed by atoms with E-state index in [1.165, 1.54) is 18.0 Å². The van der Waals surface area contributed by atoms with Gasteiger partial charge in [-0.25, -0.2) is 9.97 Å². The molecule has 0 saturated carbocycles. The van der Waals surface area contributed by atoms with Crippen molar-refractivity contribution in [3.63, 3.8) is 0 Å². The first-order valence-corrected chi connectivity index (χ1v) is 9.00. The van der Waals surface area contributed by atoms with Gasteiger partial charge in [-0.2, -0.15) is 0 Å². The van der Waals surface area contributed by atoms with Crippen LogP contribution in [0.2, 0.25) is 10.0 Å². The van der Waals surface area contributed by atoms with Gasteiger partial charge in [0.1, 0.15) is 17.5 Å². The number of hydrogen-bond donors (Lipinski definition) is 1. The zero-order valence-electron chi connectivity index (χ0n) is 12.5. The lowest BCUT2D eigenvalue weighted by Gasteiger charge is -2.37. The SMILES string of the molecule is CCC1Nc2nc(SC)ncc2C(=O)N1c1c(Cl)cccc1Cl. The molecule has 1 aliphatic heterocycles. The summed E-state index contributed by atoms with van der Waals surface area (Å²) in [6.07, 6.45) is 3.81. The number of thioether (sulfide) groups is 1. The van der Waals surface area contributed by atoms with Crippen LogP contribution in [0.15, 0.2) is 29.6 Å². The molecule has 23 heavy (non-hydrogen) atoms. The summed E-state index contributed by atoms with van der Waals surface area (Å²) < 4.78 is 0. The van der Waals surface area contributed by atoms with E-state index < -0.39 is 0 Å². The fourth-order valence-corrected chi connectivity index (χ4v) is 3.41. The zero-order valence-corrected chi connectivity index (χ0v) is 14.8. The van der Waals surface area contributed by atoms with Crippen molar-refractivity contribution in [3.05, 3.63) is 40.0 Å². The molecule has 0 bridgehead atoms. The predicted octanol–water partition coefficient (Wildman–Crippen LogP) is 4.31. The number of para-hydroxylation sites is 1. The van der Waals surface area contributed by atoms with E-state index >= 15 is 0 Å². The Kier molecular flexibility index (Phi) is 4.66. The minimum atomic E-state index is -0.281.